The standard InChI is InChI=1S/C10H11ClN2O4/c11-6-1-2-8(14)7(5-6)13(10(12)17)4-3-9(15)16/h1-2,5,14H,3-4H2,(H2,12,17)(H,15,16). The second-order valence-corrected chi connectivity index (χ2v) is 3.70. The van der Waals surface area contributed by atoms with Crippen molar-refractivity contribution in [2.75, 3.05) is 11.4 Å². The molecule has 0 aliphatic rings. The van der Waals surface area contributed by atoms with Gasteiger partial charge in [0, 0.05) is 11.6 Å². The summed E-state index contributed by atoms with van der Waals surface area (Å²) in [5, 5.41) is 18.4. The number of carboxylic acid groups (broad SMARTS) is 1. The van der Waals surface area contributed by atoms with E-state index in [0.717, 1.165) is 4.90 Å². The quantitative estimate of drug-likeness (QED) is 0.759. The maximum Gasteiger partial charge on any atom is 0.319 e. The highest BCUT2D eigenvalue weighted by Crippen LogP contribution is 2.30. The molecular formula is C10H11ClN2O4. The van der Waals surface area contributed by atoms with E-state index >= 15 is 0 Å². The van der Waals surface area contributed by atoms with Crippen molar-refractivity contribution in [2.24, 2.45) is 5.73 Å². The molecule has 0 bridgehead atoms. The first-order valence-corrected chi connectivity index (χ1v) is 5.07. The van der Waals surface area contributed by atoms with Crippen molar-refractivity contribution < 1.29 is 19.8 Å². The van der Waals surface area contributed by atoms with Gasteiger partial charge in [0.15, 0.2) is 0 Å². The van der Waals surface area contributed by atoms with E-state index in [2.05, 4.69) is 0 Å². The van der Waals surface area contributed by atoms with E-state index in [1.807, 2.05) is 0 Å². The maximum atomic E-state index is 11.2. The molecule has 6 nitrogen and oxygen atoms in total. The fourth-order valence-corrected chi connectivity index (χ4v) is 1.44. The van der Waals surface area contributed by atoms with Crippen LogP contribution in [-0.4, -0.2) is 28.8 Å². The van der Waals surface area contributed by atoms with E-state index in [9.17, 15) is 14.7 Å². The van der Waals surface area contributed by atoms with Crippen LogP contribution in [0.4, 0.5) is 10.5 Å². The second-order valence-electron chi connectivity index (χ2n) is 3.27. The van der Waals surface area contributed by atoms with Gasteiger partial charge in [-0.2, -0.15) is 0 Å². The molecule has 1 rings (SSSR count). The molecular weight excluding hydrogens is 248 g/mol. The van der Waals surface area contributed by atoms with E-state index in [1.165, 1.54) is 18.2 Å². The lowest BCUT2D eigenvalue weighted by Crippen LogP contribution is -2.37. The molecule has 0 saturated carbocycles. The number of halogens is 1. The number of phenolic OH excluding ortho intramolecular Hbond substituents is 1. The number of aromatic hydroxyl groups is 1. The minimum absolute atomic E-state index is 0.0891. The van der Waals surface area contributed by atoms with Crippen LogP contribution < -0.4 is 10.6 Å². The molecule has 0 aliphatic heterocycles. The molecule has 0 unspecified atom stereocenters. The molecule has 0 fully saturated rings. The number of hydrogen-bond donors (Lipinski definition) is 3. The summed E-state index contributed by atoms with van der Waals surface area (Å²) in [5.74, 6) is -1.27. The monoisotopic (exact) mass is 258 g/mol. The third-order valence-electron chi connectivity index (χ3n) is 2.04. The van der Waals surface area contributed by atoms with Gasteiger partial charge in [-0.1, -0.05) is 11.6 Å². The fraction of sp³-hybridized carbons (Fsp3) is 0.200. The van der Waals surface area contributed by atoms with E-state index < -0.39 is 12.0 Å². The molecule has 7 heteroatoms. The third-order valence-corrected chi connectivity index (χ3v) is 2.28. The summed E-state index contributed by atoms with van der Waals surface area (Å²) in [6, 6.07) is 3.22. The summed E-state index contributed by atoms with van der Waals surface area (Å²) in [6.07, 6.45) is -0.283. The summed E-state index contributed by atoms with van der Waals surface area (Å²) < 4.78 is 0. The van der Waals surface area contributed by atoms with Crippen molar-refractivity contribution in [3.63, 3.8) is 0 Å². The van der Waals surface area contributed by atoms with Crippen LogP contribution in [0.2, 0.25) is 5.02 Å². The number of carboxylic acids is 1. The summed E-state index contributed by atoms with van der Waals surface area (Å²) in [7, 11) is 0. The van der Waals surface area contributed by atoms with Crippen molar-refractivity contribution in [3.05, 3.63) is 23.2 Å². The number of carbonyl (C=O) groups is 2. The van der Waals surface area contributed by atoms with E-state index in [4.69, 9.17) is 22.4 Å². The zero-order valence-corrected chi connectivity index (χ0v) is 9.52. The third kappa shape index (κ3) is 3.53. The normalized spacial score (nSPS) is 9.94. The fourth-order valence-electron chi connectivity index (χ4n) is 1.27. The van der Waals surface area contributed by atoms with Gasteiger partial charge in [0.05, 0.1) is 12.1 Å². The number of urea groups is 1. The smallest absolute Gasteiger partial charge is 0.319 e. The first-order chi connectivity index (χ1) is 7.91. The number of carbonyl (C=O) groups excluding carboxylic acids is 1. The minimum Gasteiger partial charge on any atom is -0.506 e. The molecule has 2 amide bonds. The molecule has 17 heavy (non-hydrogen) atoms. The van der Waals surface area contributed by atoms with Gasteiger partial charge in [-0.05, 0) is 18.2 Å². The lowest BCUT2D eigenvalue weighted by atomic mass is 10.2. The van der Waals surface area contributed by atoms with Gasteiger partial charge in [-0.3, -0.25) is 9.69 Å². The predicted octanol–water partition coefficient (Wildman–Crippen LogP) is 1.41. The van der Waals surface area contributed by atoms with Crippen molar-refractivity contribution >= 4 is 29.3 Å². The van der Waals surface area contributed by atoms with Crippen LogP contribution in [0, 0.1) is 0 Å². The average Bonchev–Trinajstić information content (AvgIpc) is 2.22. The number of primary amides is 1. The Balaban J connectivity index is 3.00. The largest absolute Gasteiger partial charge is 0.506 e. The Bertz CT molecular complexity index is 450. The van der Waals surface area contributed by atoms with Gasteiger partial charge in [0.25, 0.3) is 0 Å². The average molecular weight is 259 g/mol. The number of rotatable bonds is 4. The SMILES string of the molecule is NC(=O)N(CCC(=O)O)c1cc(Cl)ccc1O. The van der Waals surface area contributed by atoms with Gasteiger partial charge < -0.3 is 15.9 Å². The lowest BCUT2D eigenvalue weighted by Gasteiger charge is -2.20. The zero-order chi connectivity index (χ0) is 13.0. The number of nitrogens with two attached hydrogens (primary N) is 1. The zero-order valence-electron chi connectivity index (χ0n) is 8.76. The second kappa shape index (κ2) is 5.40. The summed E-state index contributed by atoms with van der Waals surface area (Å²) >= 11 is 5.72. The first-order valence-electron chi connectivity index (χ1n) is 4.69. The number of phenols is 1. The molecule has 0 atom stereocenters. The Hall–Kier alpha value is -1.95. The molecule has 0 spiro atoms. The highest BCUT2D eigenvalue weighted by molar-refractivity contribution is 6.31. The molecule has 0 saturated heterocycles. The van der Waals surface area contributed by atoms with Crippen LogP contribution in [0.5, 0.6) is 5.75 Å². The Morgan fingerprint density at radius 3 is 2.59 bits per heavy atom. The summed E-state index contributed by atoms with van der Waals surface area (Å²) in [4.78, 5) is 22.6. The minimum atomic E-state index is -1.07. The van der Waals surface area contributed by atoms with Crippen LogP contribution in [0.1, 0.15) is 6.42 Å². The van der Waals surface area contributed by atoms with Crippen LogP contribution >= 0.6 is 11.6 Å². The van der Waals surface area contributed by atoms with Crippen molar-refractivity contribution in [3.8, 4) is 5.75 Å². The van der Waals surface area contributed by atoms with Crippen LogP contribution in [0.25, 0.3) is 0 Å². The van der Waals surface area contributed by atoms with E-state index in [0.29, 0.717) is 5.02 Å². The van der Waals surface area contributed by atoms with Crippen molar-refractivity contribution in [2.45, 2.75) is 6.42 Å². The molecule has 1 aromatic rings. The maximum absolute atomic E-state index is 11.2. The predicted molar refractivity (Wildman–Crippen MR) is 62.3 cm³/mol. The molecule has 4 N–H and O–H groups in total. The van der Waals surface area contributed by atoms with Crippen LogP contribution in [-0.2, 0) is 4.79 Å². The Morgan fingerprint density at radius 1 is 1.41 bits per heavy atom. The van der Waals surface area contributed by atoms with Gasteiger partial charge >= 0.3 is 12.0 Å². The van der Waals surface area contributed by atoms with Crippen LogP contribution in [0.3, 0.4) is 0 Å². The molecule has 0 radical (unpaired) electrons. The number of amides is 2. The van der Waals surface area contributed by atoms with E-state index in [1.54, 1.807) is 0 Å². The van der Waals surface area contributed by atoms with Gasteiger partial charge in [0.2, 0.25) is 0 Å². The first kappa shape index (κ1) is 13.1. The van der Waals surface area contributed by atoms with Crippen molar-refractivity contribution in [1.29, 1.82) is 0 Å². The molecule has 1 aromatic carbocycles. The molecule has 92 valence electrons. The van der Waals surface area contributed by atoms with Gasteiger partial charge in [-0.15, -0.1) is 0 Å². The van der Waals surface area contributed by atoms with E-state index in [-0.39, 0.29) is 24.4 Å². The topological polar surface area (TPSA) is 104 Å². The van der Waals surface area contributed by atoms with Gasteiger partial charge in [0.1, 0.15) is 5.75 Å². The summed E-state index contributed by atoms with van der Waals surface area (Å²) in [5.41, 5.74) is 5.20. The molecule has 0 aliphatic carbocycles. The van der Waals surface area contributed by atoms with Crippen LogP contribution in [0.15, 0.2) is 18.2 Å². The number of aliphatic carboxylic acids is 1. The van der Waals surface area contributed by atoms with Crippen molar-refractivity contribution in [1.82, 2.24) is 0 Å². The Kier molecular flexibility index (Phi) is 4.17. The number of anilines is 1. The highest BCUT2D eigenvalue weighted by atomic mass is 35.5. The number of benzene rings is 1. The van der Waals surface area contributed by atoms with Gasteiger partial charge in [-0.25, -0.2) is 4.79 Å². The summed E-state index contributed by atoms with van der Waals surface area (Å²) in [6.45, 7) is -0.140. The highest BCUT2D eigenvalue weighted by Gasteiger charge is 2.17. The molecule has 0 heterocycles. The Labute approximate surface area is 102 Å². The molecule has 0 aromatic heterocycles. The number of nitrogens with zero attached hydrogens (tertiary/aromatic N) is 1. The lowest BCUT2D eigenvalue weighted by molar-refractivity contribution is -0.136. The Morgan fingerprint density at radius 2 is 2.06 bits per heavy atom. The number of hydrogen-bond acceptors (Lipinski definition) is 3.